The Bertz CT molecular complexity index is 7740. The van der Waals surface area contributed by atoms with E-state index in [-0.39, 0.29) is 0 Å². The van der Waals surface area contributed by atoms with Crippen molar-refractivity contribution in [2.24, 2.45) is 0 Å². The molecule has 6 nitrogen and oxygen atoms in total. The average molecular weight is 1560 g/mol. The van der Waals surface area contributed by atoms with E-state index in [9.17, 15) is 0 Å². The van der Waals surface area contributed by atoms with Gasteiger partial charge < -0.3 is 13.3 Å². The number of benzene rings is 18. The SMILES string of the molecule is c1ccc(-c2cc3nc(-c4ccc(-c5cccc6c5sc5ccccc56)cc4)oc3cc2-c2ccccc2)cc1.c1ccc(-c2ccc(-c3ccccc3)c3oc(-c4ccc(-c5cccc6c5sc5ccccc56)cc4)nc23)cc1.c1ccc2c(-c3cccc4nc(-c5ccc(-c6cccc7c6sc6ccccc67)cc5)oc34)cccc2c1. The summed E-state index contributed by atoms with van der Waals surface area (Å²) >= 11 is 5.57. The van der Waals surface area contributed by atoms with Gasteiger partial charge in [-0.2, -0.15) is 0 Å². The van der Waals surface area contributed by atoms with E-state index in [0.29, 0.717) is 17.7 Å². The van der Waals surface area contributed by atoms with Gasteiger partial charge in [0.2, 0.25) is 17.7 Å². The maximum atomic E-state index is 6.55. The lowest BCUT2D eigenvalue weighted by molar-refractivity contribution is 0.620. The van der Waals surface area contributed by atoms with Crippen molar-refractivity contribution in [3.63, 3.8) is 0 Å². The third-order valence-electron chi connectivity index (χ3n) is 22.4. The number of fused-ring (bicyclic) bond motifs is 13. The van der Waals surface area contributed by atoms with Crippen LogP contribution >= 0.6 is 34.0 Å². The van der Waals surface area contributed by atoms with Crippen molar-refractivity contribution >= 4 is 139 Å². The molecule has 0 aliphatic rings. The minimum atomic E-state index is 0.627. The molecule has 554 valence electrons. The number of hydrogen-bond acceptors (Lipinski definition) is 9. The highest BCUT2D eigenvalue weighted by atomic mass is 32.1. The summed E-state index contributed by atoms with van der Waals surface area (Å²) in [5, 5.41) is 10.3. The van der Waals surface area contributed by atoms with Crippen LogP contribution in [0.25, 0.3) is 228 Å². The number of thiophene rings is 3. The third kappa shape index (κ3) is 12.8. The lowest BCUT2D eigenvalue weighted by atomic mass is 9.94. The van der Waals surface area contributed by atoms with E-state index in [4.69, 9.17) is 28.2 Å². The van der Waals surface area contributed by atoms with Crippen LogP contribution in [0.1, 0.15) is 0 Å². The second-order valence-electron chi connectivity index (χ2n) is 29.5. The molecule has 0 fully saturated rings. The van der Waals surface area contributed by atoms with Gasteiger partial charge in [-0.3, -0.25) is 0 Å². The highest BCUT2D eigenvalue weighted by molar-refractivity contribution is 7.27. The highest BCUT2D eigenvalue weighted by Gasteiger charge is 2.22. The van der Waals surface area contributed by atoms with Crippen molar-refractivity contribution in [1.82, 2.24) is 15.0 Å². The smallest absolute Gasteiger partial charge is 0.227 e. The van der Waals surface area contributed by atoms with Crippen LogP contribution in [0, 0.1) is 0 Å². The van der Waals surface area contributed by atoms with Crippen LogP contribution in [-0.2, 0) is 0 Å². The van der Waals surface area contributed by atoms with Gasteiger partial charge in [0.1, 0.15) is 16.6 Å². The first-order valence-corrected chi connectivity index (χ1v) is 41.9. The molecule has 6 aromatic heterocycles. The summed E-state index contributed by atoms with van der Waals surface area (Å²) in [5.41, 5.74) is 26.4. The summed E-state index contributed by atoms with van der Waals surface area (Å²) in [7, 11) is 0. The van der Waals surface area contributed by atoms with Gasteiger partial charge in [-0.1, -0.05) is 328 Å². The normalized spacial score (nSPS) is 11.6. The zero-order valence-corrected chi connectivity index (χ0v) is 65.9. The summed E-state index contributed by atoms with van der Waals surface area (Å²) < 4.78 is 27.3. The van der Waals surface area contributed by atoms with Crippen molar-refractivity contribution in [2.45, 2.75) is 0 Å². The Balaban J connectivity index is 0.000000107. The maximum Gasteiger partial charge on any atom is 0.227 e. The summed E-state index contributed by atoms with van der Waals surface area (Å²) in [6.45, 7) is 0. The van der Waals surface area contributed by atoms with Gasteiger partial charge in [-0.05, 0) is 162 Å². The van der Waals surface area contributed by atoms with Crippen molar-refractivity contribution < 1.29 is 13.3 Å². The summed E-state index contributed by atoms with van der Waals surface area (Å²) in [6, 6.07) is 143. The fourth-order valence-corrected chi connectivity index (χ4v) is 20.4. The van der Waals surface area contributed by atoms with Crippen LogP contribution in [-0.4, -0.2) is 15.0 Å². The molecule has 0 N–H and O–H groups in total. The van der Waals surface area contributed by atoms with E-state index in [2.05, 4.69) is 376 Å². The molecule has 24 aromatic rings. The lowest BCUT2D eigenvalue weighted by Crippen LogP contribution is -1.86. The Morgan fingerprint density at radius 2 is 0.517 bits per heavy atom. The van der Waals surface area contributed by atoms with Crippen LogP contribution in [0.4, 0.5) is 0 Å². The van der Waals surface area contributed by atoms with Gasteiger partial charge in [-0.15, -0.1) is 34.0 Å². The number of hydrogen-bond donors (Lipinski definition) is 0. The zero-order chi connectivity index (χ0) is 78.0. The van der Waals surface area contributed by atoms with Crippen molar-refractivity contribution in [3.05, 3.63) is 406 Å². The van der Waals surface area contributed by atoms with Gasteiger partial charge >= 0.3 is 0 Å². The van der Waals surface area contributed by atoms with Gasteiger partial charge in [0.25, 0.3) is 0 Å². The molecule has 0 bridgehead atoms. The van der Waals surface area contributed by atoms with E-state index in [1.807, 2.05) is 64.3 Å². The van der Waals surface area contributed by atoms with E-state index >= 15 is 0 Å². The van der Waals surface area contributed by atoms with E-state index in [1.165, 1.54) is 105 Å². The van der Waals surface area contributed by atoms with Gasteiger partial charge in [0.15, 0.2) is 16.7 Å². The molecule has 0 amide bonds. The maximum absolute atomic E-state index is 6.55. The molecule has 0 spiro atoms. The predicted molar refractivity (Wildman–Crippen MR) is 498 cm³/mol. The van der Waals surface area contributed by atoms with Crippen molar-refractivity contribution in [2.75, 3.05) is 0 Å². The topological polar surface area (TPSA) is 78.1 Å². The summed E-state index contributed by atoms with van der Waals surface area (Å²) in [5.74, 6) is 1.90. The fourth-order valence-electron chi connectivity index (χ4n) is 16.7. The summed E-state index contributed by atoms with van der Waals surface area (Å²) in [6.07, 6.45) is 0. The van der Waals surface area contributed by atoms with E-state index in [0.717, 1.165) is 106 Å². The molecule has 0 aliphatic carbocycles. The number of rotatable bonds is 11. The number of oxazole rings is 3. The molecular weight excluding hydrogens is 1500 g/mol. The van der Waals surface area contributed by atoms with E-state index in [1.54, 1.807) is 0 Å². The molecule has 118 heavy (non-hydrogen) atoms. The monoisotopic (exact) mass is 1560 g/mol. The van der Waals surface area contributed by atoms with Crippen LogP contribution in [0.3, 0.4) is 0 Å². The van der Waals surface area contributed by atoms with Gasteiger partial charge in [0, 0.05) is 93.9 Å². The highest BCUT2D eigenvalue weighted by Crippen LogP contribution is 2.47. The van der Waals surface area contributed by atoms with Crippen LogP contribution in [0.2, 0.25) is 0 Å². The molecule has 24 rings (SSSR count). The fraction of sp³-hybridized carbons (Fsp3) is 0. The first-order chi connectivity index (χ1) is 58.5. The predicted octanol–water partition coefficient (Wildman–Crippen LogP) is 32.1. The Labute approximate surface area is 691 Å². The molecule has 6 heterocycles. The largest absolute Gasteiger partial charge is 0.436 e. The molecule has 0 saturated heterocycles. The van der Waals surface area contributed by atoms with Crippen molar-refractivity contribution in [3.8, 4) is 123 Å². The first-order valence-electron chi connectivity index (χ1n) is 39.5. The molecular formula is C109H67N3O3S3. The minimum absolute atomic E-state index is 0.627. The first kappa shape index (κ1) is 70.0. The van der Waals surface area contributed by atoms with Crippen LogP contribution < -0.4 is 0 Å². The number of aromatic nitrogens is 3. The lowest BCUT2D eigenvalue weighted by Gasteiger charge is -2.10. The molecule has 18 aromatic carbocycles. The minimum Gasteiger partial charge on any atom is -0.436 e. The summed E-state index contributed by atoms with van der Waals surface area (Å²) in [4.78, 5) is 14.8. The van der Waals surface area contributed by atoms with Gasteiger partial charge in [0.05, 0.1) is 0 Å². The molecule has 0 saturated carbocycles. The van der Waals surface area contributed by atoms with Crippen LogP contribution in [0.15, 0.2) is 420 Å². The van der Waals surface area contributed by atoms with Crippen LogP contribution in [0.5, 0.6) is 0 Å². The third-order valence-corrected chi connectivity index (χ3v) is 26.1. The molecule has 0 atom stereocenters. The molecule has 9 heteroatoms. The Morgan fingerprint density at radius 3 is 1.02 bits per heavy atom. The van der Waals surface area contributed by atoms with Crippen molar-refractivity contribution in [1.29, 1.82) is 0 Å². The average Bonchev–Trinajstić information content (AvgIpc) is 1.63. The molecule has 0 unspecified atom stereocenters. The Kier molecular flexibility index (Phi) is 17.7. The quantitative estimate of drug-likeness (QED) is 0.128. The van der Waals surface area contributed by atoms with Gasteiger partial charge in [-0.25, -0.2) is 15.0 Å². The zero-order valence-electron chi connectivity index (χ0n) is 63.5. The number of para-hydroxylation sites is 1. The second kappa shape index (κ2) is 29.9. The molecule has 0 radical (unpaired) electrons. The standard InChI is InChI=1S/2C37H23NOS.C35H21NOS/c1-3-10-24(11-4-1)31-22-33-34(23-32(31)25-12-5-2-6-13-25)39-37(38-33)27-20-18-26(19-21-27)28-15-9-16-30-29-14-7-8-17-35(29)40-36(28)30;1-3-10-24(11-4-1)28-22-23-29(25-12-5-2-6-13-25)35-34(28)38-37(39-35)27-20-18-26(19-21-27)30-15-9-16-32-31-14-7-8-17-33(31)40-36(30)32;1-2-10-25-22(8-1)9-5-13-27(25)29-14-7-16-31-33(29)37-35(36-31)24-20-18-23(19-21-24)26-12-6-15-30-28-11-3-4-17-32(28)38-34(26)30/h2*1-23H;1-21H. The Hall–Kier alpha value is -14.7. The number of nitrogens with zero attached hydrogens (tertiary/aromatic N) is 3. The second-order valence-corrected chi connectivity index (χ2v) is 32.6. The molecule has 0 aliphatic heterocycles. The Morgan fingerprint density at radius 1 is 0.186 bits per heavy atom. The van der Waals surface area contributed by atoms with E-state index < -0.39 is 0 Å².